The van der Waals surface area contributed by atoms with Crippen LogP contribution in [0.15, 0.2) is 12.1 Å². The Labute approximate surface area is 137 Å². The number of hydrogen-bond acceptors (Lipinski definition) is 5. The second kappa shape index (κ2) is 6.07. The Kier molecular flexibility index (Phi) is 3.93. The minimum atomic E-state index is 0.559. The molecule has 0 unspecified atom stereocenters. The third kappa shape index (κ3) is 3.17. The number of anilines is 1. The number of rotatable bonds is 6. The van der Waals surface area contributed by atoms with E-state index in [1.165, 1.54) is 38.8 Å². The number of fused-ring (bicyclic) bond motifs is 1. The van der Waals surface area contributed by atoms with Gasteiger partial charge >= 0.3 is 0 Å². The lowest BCUT2D eigenvalue weighted by molar-refractivity contribution is 0.234. The van der Waals surface area contributed by atoms with Gasteiger partial charge in [0.05, 0.1) is 0 Å². The van der Waals surface area contributed by atoms with Gasteiger partial charge in [0.2, 0.25) is 0 Å². The number of aromatic nitrogens is 4. The van der Waals surface area contributed by atoms with Crippen LogP contribution in [0.5, 0.6) is 0 Å². The first-order chi connectivity index (χ1) is 11.2. The van der Waals surface area contributed by atoms with Gasteiger partial charge in [-0.05, 0) is 50.3 Å². The number of nitrogens with zero attached hydrogens (tertiary/aromatic N) is 5. The van der Waals surface area contributed by atoms with E-state index in [4.69, 9.17) is 5.10 Å². The molecule has 1 atom stereocenters. The van der Waals surface area contributed by atoms with Crippen molar-refractivity contribution >= 4 is 11.5 Å². The van der Waals surface area contributed by atoms with E-state index in [9.17, 15) is 0 Å². The van der Waals surface area contributed by atoms with Gasteiger partial charge < -0.3 is 5.32 Å². The molecule has 1 N–H and O–H groups in total. The molecule has 4 rings (SSSR count). The van der Waals surface area contributed by atoms with Crippen molar-refractivity contribution in [3.05, 3.63) is 18.0 Å². The van der Waals surface area contributed by atoms with E-state index in [1.54, 1.807) is 0 Å². The molecule has 2 aromatic rings. The highest BCUT2D eigenvalue weighted by Crippen LogP contribution is 2.38. The smallest absolute Gasteiger partial charge is 0.178 e. The predicted molar refractivity (Wildman–Crippen MR) is 90.7 cm³/mol. The fourth-order valence-electron chi connectivity index (χ4n) is 3.55. The molecule has 0 spiro atoms. The maximum Gasteiger partial charge on any atom is 0.178 e. The fraction of sp³-hybridized carbons (Fsp3) is 0.706. The lowest BCUT2D eigenvalue weighted by Crippen LogP contribution is -2.37. The van der Waals surface area contributed by atoms with Gasteiger partial charge in [-0.3, -0.25) is 4.90 Å². The third-order valence-corrected chi connectivity index (χ3v) is 4.85. The Morgan fingerprint density at radius 3 is 2.87 bits per heavy atom. The summed E-state index contributed by atoms with van der Waals surface area (Å²) in [5, 5.41) is 16.7. The SMILES string of the molecule is CC(C)CN1CCC[C@@H]1CNc1ccc2nnc(C3CC3)n2n1. The average Bonchev–Trinajstić information content (AvgIpc) is 3.14. The molecule has 0 radical (unpaired) electrons. The molecule has 0 aromatic carbocycles. The van der Waals surface area contributed by atoms with Crippen LogP contribution in [0.3, 0.4) is 0 Å². The summed E-state index contributed by atoms with van der Waals surface area (Å²) in [6.07, 6.45) is 5.02. The molecular formula is C17H26N6. The highest BCUT2D eigenvalue weighted by molar-refractivity contribution is 5.44. The zero-order valence-corrected chi connectivity index (χ0v) is 14.1. The van der Waals surface area contributed by atoms with Gasteiger partial charge in [0.1, 0.15) is 5.82 Å². The van der Waals surface area contributed by atoms with Crippen molar-refractivity contribution in [2.24, 2.45) is 5.92 Å². The van der Waals surface area contributed by atoms with Gasteiger partial charge in [0.25, 0.3) is 0 Å². The van der Waals surface area contributed by atoms with E-state index in [0.29, 0.717) is 12.0 Å². The van der Waals surface area contributed by atoms with Gasteiger partial charge in [-0.1, -0.05) is 13.8 Å². The molecule has 0 bridgehead atoms. The van der Waals surface area contributed by atoms with Crippen molar-refractivity contribution in [2.45, 2.75) is 51.5 Å². The zero-order chi connectivity index (χ0) is 15.8. The van der Waals surface area contributed by atoms with E-state index in [-0.39, 0.29) is 0 Å². The summed E-state index contributed by atoms with van der Waals surface area (Å²) in [6, 6.07) is 4.65. The highest BCUT2D eigenvalue weighted by atomic mass is 15.4. The monoisotopic (exact) mass is 314 g/mol. The van der Waals surface area contributed by atoms with Crippen molar-refractivity contribution in [1.82, 2.24) is 24.7 Å². The lowest BCUT2D eigenvalue weighted by Gasteiger charge is -2.26. The molecule has 1 aliphatic carbocycles. The van der Waals surface area contributed by atoms with E-state index in [0.717, 1.165) is 29.8 Å². The highest BCUT2D eigenvalue weighted by Gasteiger charge is 2.29. The maximum absolute atomic E-state index is 4.71. The van der Waals surface area contributed by atoms with Gasteiger partial charge in [0.15, 0.2) is 11.5 Å². The second-order valence-electron chi connectivity index (χ2n) is 7.39. The van der Waals surface area contributed by atoms with Crippen LogP contribution in [-0.4, -0.2) is 50.4 Å². The summed E-state index contributed by atoms with van der Waals surface area (Å²) in [6.45, 7) is 7.98. The molecule has 1 saturated heterocycles. The van der Waals surface area contributed by atoms with Crippen LogP contribution in [0.2, 0.25) is 0 Å². The van der Waals surface area contributed by atoms with Gasteiger partial charge in [-0.25, -0.2) is 0 Å². The Bertz CT molecular complexity index is 675. The Morgan fingerprint density at radius 1 is 1.22 bits per heavy atom. The molecule has 1 aliphatic heterocycles. The molecule has 2 fully saturated rings. The molecule has 0 amide bonds. The molecule has 2 aliphatic rings. The minimum absolute atomic E-state index is 0.559. The lowest BCUT2D eigenvalue weighted by atomic mass is 10.1. The summed E-state index contributed by atoms with van der Waals surface area (Å²) < 4.78 is 1.92. The van der Waals surface area contributed by atoms with Crippen LogP contribution in [0, 0.1) is 5.92 Å². The van der Waals surface area contributed by atoms with Crippen molar-refractivity contribution in [1.29, 1.82) is 0 Å². The van der Waals surface area contributed by atoms with E-state index >= 15 is 0 Å². The number of likely N-dealkylation sites (tertiary alicyclic amines) is 1. The first-order valence-electron chi connectivity index (χ1n) is 8.91. The van der Waals surface area contributed by atoms with Gasteiger partial charge in [-0.15, -0.1) is 15.3 Å². The van der Waals surface area contributed by atoms with Crippen LogP contribution in [0.1, 0.15) is 51.3 Å². The summed E-state index contributed by atoms with van der Waals surface area (Å²) in [5.74, 6) is 3.23. The summed E-state index contributed by atoms with van der Waals surface area (Å²) >= 11 is 0. The Morgan fingerprint density at radius 2 is 2.09 bits per heavy atom. The van der Waals surface area contributed by atoms with E-state index in [1.807, 2.05) is 16.6 Å². The Hall–Kier alpha value is -1.69. The van der Waals surface area contributed by atoms with E-state index in [2.05, 4.69) is 34.3 Å². The molecule has 23 heavy (non-hydrogen) atoms. The fourth-order valence-corrected chi connectivity index (χ4v) is 3.55. The molecular weight excluding hydrogens is 288 g/mol. The normalized spacial score (nSPS) is 22.3. The van der Waals surface area contributed by atoms with Crippen LogP contribution in [0.25, 0.3) is 5.65 Å². The largest absolute Gasteiger partial charge is 0.367 e. The first-order valence-corrected chi connectivity index (χ1v) is 8.91. The topological polar surface area (TPSA) is 58.3 Å². The van der Waals surface area contributed by atoms with Crippen LogP contribution < -0.4 is 5.32 Å². The summed E-state index contributed by atoms with van der Waals surface area (Å²) in [7, 11) is 0. The molecule has 3 heterocycles. The van der Waals surface area contributed by atoms with Gasteiger partial charge in [0, 0.05) is 25.0 Å². The number of hydrogen-bond donors (Lipinski definition) is 1. The second-order valence-corrected chi connectivity index (χ2v) is 7.39. The average molecular weight is 314 g/mol. The quantitative estimate of drug-likeness (QED) is 0.888. The molecule has 124 valence electrons. The van der Waals surface area contributed by atoms with Gasteiger partial charge in [-0.2, -0.15) is 4.52 Å². The molecule has 1 saturated carbocycles. The van der Waals surface area contributed by atoms with Crippen molar-refractivity contribution in [3.8, 4) is 0 Å². The Balaban J connectivity index is 1.44. The first kappa shape index (κ1) is 14.9. The van der Waals surface area contributed by atoms with Crippen molar-refractivity contribution in [3.63, 3.8) is 0 Å². The van der Waals surface area contributed by atoms with Crippen LogP contribution in [0.4, 0.5) is 5.82 Å². The van der Waals surface area contributed by atoms with E-state index < -0.39 is 0 Å². The standard InChI is InChI=1S/C17H26N6/c1-12(2)11-22-9-3-4-14(22)10-18-15-7-8-16-19-20-17(13-5-6-13)23(16)21-15/h7-8,12-14H,3-6,9-11H2,1-2H3,(H,18,21)/t14-/m1/s1. The molecule has 6 nitrogen and oxygen atoms in total. The van der Waals surface area contributed by atoms with Crippen LogP contribution in [-0.2, 0) is 0 Å². The summed E-state index contributed by atoms with van der Waals surface area (Å²) in [5.41, 5.74) is 0.847. The summed E-state index contributed by atoms with van der Waals surface area (Å²) in [4.78, 5) is 2.62. The zero-order valence-electron chi connectivity index (χ0n) is 14.1. The van der Waals surface area contributed by atoms with Crippen molar-refractivity contribution in [2.75, 3.05) is 25.0 Å². The third-order valence-electron chi connectivity index (χ3n) is 4.85. The minimum Gasteiger partial charge on any atom is -0.367 e. The van der Waals surface area contributed by atoms with Crippen LogP contribution >= 0.6 is 0 Å². The number of nitrogens with one attached hydrogen (secondary N) is 1. The predicted octanol–water partition coefficient (Wildman–Crippen LogP) is 2.53. The molecule has 6 heteroatoms. The molecule has 2 aromatic heterocycles. The van der Waals surface area contributed by atoms with Crippen molar-refractivity contribution < 1.29 is 0 Å². The maximum atomic E-state index is 4.71.